The maximum atomic E-state index is 11.8. The fourth-order valence-corrected chi connectivity index (χ4v) is 2.57. The summed E-state index contributed by atoms with van der Waals surface area (Å²) in [6.07, 6.45) is 0.790. The van der Waals surface area contributed by atoms with Gasteiger partial charge in [0.1, 0.15) is 5.82 Å². The normalized spacial score (nSPS) is 13.9. The lowest BCUT2D eigenvalue weighted by atomic mass is 10.1. The van der Waals surface area contributed by atoms with E-state index in [9.17, 15) is 4.79 Å². The van der Waals surface area contributed by atoms with Gasteiger partial charge in [0.25, 0.3) is 5.56 Å². The average Bonchev–Trinajstić information content (AvgIpc) is 2.47. The highest BCUT2D eigenvalue weighted by Gasteiger charge is 2.21. The van der Waals surface area contributed by atoms with Crippen molar-refractivity contribution in [3.63, 3.8) is 0 Å². The van der Waals surface area contributed by atoms with Crippen molar-refractivity contribution < 1.29 is 0 Å². The molecule has 22 heavy (non-hydrogen) atoms. The lowest BCUT2D eigenvalue weighted by molar-refractivity contribution is 0.618. The van der Waals surface area contributed by atoms with Gasteiger partial charge in [0.15, 0.2) is 0 Å². The molecule has 1 aliphatic rings. The Morgan fingerprint density at radius 2 is 2.00 bits per heavy atom. The molecule has 0 spiro atoms. The second-order valence-corrected chi connectivity index (χ2v) is 5.81. The Bertz CT molecular complexity index is 767. The molecular weight excluding hydrogens is 280 g/mol. The summed E-state index contributed by atoms with van der Waals surface area (Å²) in [4.78, 5) is 25.0. The summed E-state index contributed by atoms with van der Waals surface area (Å²) in [6, 6.07) is 3.62. The highest BCUT2D eigenvalue weighted by molar-refractivity contribution is 5.46. The van der Waals surface area contributed by atoms with E-state index in [0.29, 0.717) is 12.5 Å². The Hall–Kier alpha value is -2.44. The SMILES string of the molecule is Cc1cc(N(C)C)nc(N2CCc3nn(C)c(=O)cc3C2)n1. The number of hydrogen-bond acceptors (Lipinski definition) is 6. The maximum absolute atomic E-state index is 11.8. The number of hydrogen-bond donors (Lipinski definition) is 0. The third-order valence-electron chi connectivity index (χ3n) is 3.81. The quantitative estimate of drug-likeness (QED) is 0.805. The first-order valence-electron chi connectivity index (χ1n) is 7.28. The molecule has 0 atom stereocenters. The van der Waals surface area contributed by atoms with Crippen LogP contribution in [-0.4, -0.2) is 40.4 Å². The third kappa shape index (κ3) is 2.66. The van der Waals surface area contributed by atoms with E-state index in [1.165, 1.54) is 4.68 Å². The summed E-state index contributed by atoms with van der Waals surface area (Å²) >= 11 is 0. The number of rotatable bonds is 2. The topological polar surface area (TPSA) is 67.2 Å². The summed E-state index contributed by atoms with van der Waals surface area (Å²) in [7, 11) is 5.61. The monoisotopic (exact) mass is 300 g/mol. The zero-order valence-electron chi connectivity index (χ0n) is 13.4. The molecule has 0 fully saturated rings. The summed E-state index contributed by atoms with van der Waals surface area (Å²) < 4.78 is 1.39. The van der Waals surface area contributed by atoms with Gasteiger partial charge in [0, 0.05) is 64.0 Å². The molecule has 0 N–H and O–H groups in total. The van der Waals surface area contributed by atoms with Crippen molar-refractivity contribution in [2.75, 3.05) is 30.4 Å². The lowest BCUT2D eigenvalue weighted by Crippen LogP contribution is -2.35. The van der Waals surface area contributed by atoms with Crippen LogP contribution in [0.25, 0.3) is 0 Å². The zero-order valence-corrected chi connectivity index (χ0v) is 13.4. The van der Waals surface area contributed by atoms with Gasteiger partial charge in [-0.3, -0.25) is 4.79 Å². The van der Waals surface area contributed by atoms with E-state index < -0.39 is 0 Å². The van der Waals surface area contributed by atoms with Crippen LogP contribution in [0.1, 0.15) is 17.0 Å². The van der Waals surface area contributed by atoms with E-state index >= 15 is 0 Å². The van der Waals surface area contributed by atoms with Gasteiger partial charge in [-0.05, 0) is 6.92 Å². The highest BCUT2D eigenvalue weighted by Crippen LogP contribution is 2.22. The lowest BCUT2D eigenvalue weighted by Gasteiger charge is -2.29. The van der Waals surface area contributed by atoms with Crippen LogP contribution in [0.5, 0.6) is 0 Å². The van der Waals surface area contributed by atoms with Crippen LogP contribution in [0, 0.1) is 6.92 Å². The summed E-state index contributed by atoms with van der Waals surface area (Å²) in [5.74, 6) is 1.59. The molecule has 116 valence electrons. The smallest absolute Gasteiger partial charge is 0.266 e. The molecule has 0 bridgehead atoms. The molecule has 0 saturated carbocycles. The van der Waals surface area contributed by atoms with E-state index in [0.717, 1.165) is 35.7 Å². The minimum atomic E-state index is -0.0836. The van der Waals surface area contributed by atoms with Gasteiger partial charge in [0.2, 0.25) is 5.95 Å². The van der Waals surface area contributed by atoms with Crippen LogP contribution in [0.3, 0.4) is 0 Å². The Labute approximate surface area is 129 Å². The van der Waals surface area contributed by atoms with Crippen LogP contribution in [0.15, 0.2) is 16.9 Å². The van der Waals surface area contributed by atoms with Gasteiger partial charge in [-0.25, -0.2) is 9.67 Å². The van der Waals surface area contributed by atoms with Crippen molar-refractivity contribution in [1.29, 1.82) is 0 Å². The molecule has 0 saturated heterocycles. The molecule has 0 amide bonds. The molecule has 2 aromatic rings. The molecule has 7 nitrogen and oxygen atoms in total. The molecule has 1 aliphatic heterocycles. The molecule has 0 aliphatic carbocycles. The standard InChI is InChI=1S/C15H20N6O/c1-10-7-13(19(2)3)17-15(16-10)21-6-5-12-11(9-21)8-14(22)20(4)18-12/h7-8H,5-6,9H2,1-4H3. The summed E-state index contributed by atoms with van der Waals surface area (Å²) in [6.45, 7) is 3.39. The molecule has 3 rings (SSSR count). The van der Waals surface area contributed by atoms with Crippen molar-refractivity contribution in [1.82, 2.24) is 19.7 Å². The van der Waals surface area contributed by atoms with Crippen LogP contribution < -0.4 is 15.4 Å². The minimum Gasteiger partial charge on any atom is -0.363 e. The zero-order chi connectivity index (χ0) is 15.9. The number of aryl methyl sites for hydroxylation is 2. The first-order chi connectivity index (χ1) is 10.4. The van der Waals surface area contributed by atoms with Crippen molar-refractivity contribution in [2.24, 2.45) is 7.05 Å². The highest BCUT2D eigenvalue weighted by atomic mass is 16.1. The van der Waals surface area contributed by atoms with E-state index in [1.807, 2.05) is 32.0 Å². The van der Waals surface area contributed by atoms with Crippen LogP contribution in [0.2, 0.25) is 0 Å². The van der Waals surface area contributed by atoms with E-state index in [4.69, 9.17) is 0 Å². The van der Waals surface area contributed by atoms with Crippen molar-refractivity contribution >= 4 is 11.8 Å². The van der Waals surface area contributed by atoms with E-state index in [2.05, 4.69) is 20.0 Å². The predicted molar refractivity (Wildman–Crippen MR) is 85.3 cm³/mol. The predicted octanol–water partition coefficient (Wildman–Crippen LogP) is 0.507. The van der Waals surface area contributed by atoms with Crippen molar-refractivity contribution in [2.45, 2.75) is 19.9 Å². The summed E-state index contributed by atoms with van der Waals surface area (Å²) in [5, 5.41) is 4.33. The molecular formula is C15H20N6O. The van der Waals surface area contributed by atoms with Crippen LogP contribution >= 0.6 is 0 Å². The van der Waals surface area contributed by atoms with Gasteiger partial charge in [-0.1, -0.05) is 0 Å². The Morgan fingerprint density at radius 1 is 1.23 bits per heavy atom. The fourth-order valence-electron chi connectivity index (χ4n) is 2.57. The van der Waals surface area contributed by atoms with Crippen LogP contribution in [0.4, 0.5) is 11.8 Å². The number of nitrogens with zero attached hydrogens (tertiary/aromatic N) is 6. The number of aromatic nitrogens is 4. The van der Waals surface area contributed by atoms with E-state index in [1.54, 1.807) is 13.1 Å². The van der Waals surface area contributed by atoms with Gasteiger partial charge >= 0.3 is 0 Å². The molecule has 7 heteroatoms. The second kappa shape index (κ2) is 5.40. The van der Waals surface area contributed by atoms with E-state index in [-0.39, 0.29) is 5.56 Å². The number of anilines is 2. The molecule has 0 unspecified atom stereocenters. The second-order valence-electron chi connectivity index (χ2n) is 5.81. The summed E-state index contributed by atoms with van der Waals surface area (Å²) in [5.41, 5.74) is 2.80. The first-order valence-corrected chi connectivity index (χ1v) is 7.28. The maximum Gasteiger partial charge on any atom is 0.266 e. The van der Waals surface area contributed by atoms with Gasteiger partial charge in [-0.2, -0.15) is 10.1 Å². The fraction of sp³-hybridized carbons (Fsp3) is 0.467. The Kier molecular flexibility index (Phi) is 3.56. The Balaban J connectivity index is 1.94. The van der Waals surface area contributed by atoms with Gasteiger partial charge < -0.3 is 9.80 Å². The van der Waals surface area contributed by atoms with Gasteiger partial charge in [-0.15, -0.1) is 0 Å². The van der Waals surface area contributed by atoms with Crippen LogP contribution in [-0.2, 0) is 20.0 Å². The number of fused-ring (bicyclic) bond motifs is 1. The molecule has 0 aromatic carbocycles. The van der Waals surface area contributed by atoms with Gasteiger partial charge in [0.05, 0.1) is 5.69 Å². The molecule has 2 aromatic heterocycles. The minimum absolute atomic E-state index is 0.0836. The average molecular weight is 300 g/mol. The first kappa shape index (κ1) is 14.5. The molecule has 3 heterocycles. The largest absolute Gasteiger partial charge is 0.363 e. The molecule has 0 radical (unpaired) electrons. The van der Waals surface area contributed by atoms with Crippen molar-refractivity contribution in [3.8, 4) is 0 Å². The van der Waals surface area contributed by atoms with Crippen molar-refractivity contribution in [3.05, 3.63) is 39.4 Å². The Morgan fingerprint density at radius 3 is 2.73 bits per heavy atom. The third-order valence-corrected chi connectivity index (χ3v) is 3.81.